The van der Waals surface area contributed by atoms with Crippen molar-refractivity contribution in [2.45, 2.75) is 12.5 Å². The maximum atomic E-state index is 11.0. The van der Waals surface area contributed by atoms with Crippen molar-refractivity contribution >= 4 is 17.6 Å². The minimum absolute atomic E-state index is 0.0817. The number of hydrogen-bond donors (Lipinski definition) is 1. The van der Waals surface area contributed by atoms with Gasteiger partial charge in [0.15, 0.2) is 0 Å². The summed E-state index contributed by atoms with van der Waals surface area (Å²) in [6.45, 7) is 0. The van der Waals surface area contributed by atoms with Crippen molar-refractivity contribution in [3.8, 4) is 16.9 Å². The summed E-state index contributed by atoms with van der Waals surface area (Å²) in [5.74, 6) is -0.182. The van der Waals surface area contributed by atoms with E-state index in [2.05, 4.69) is 0 Å². The number of carboxylic acids is 1. The molecule has 3 nitrogen and oxygen atoms in total. The topological polar surface area (TPSA) is 46.5 Å². The van der Waals surface area contributed by atoms with Crippen LogP contribution < -0.4 is 4.74 Å². The second kappa shape index (κ2) is 4.59. The Morgan fingerprint density at radius 1 is 1.21 bits per heavy atom. The Kier molecular flexibility index (Phi) is 2.91. The highest BCUT2D eigenvalue weighted by Gasteiger charge is 2.27. The molecule has 2 aromatic rings. The molecule has 19 heavy (non-hydrogen) atoms. The van der Waals surface area contributed by atoms with Gasteiger partial charge < -0.3 is 9.84 Å². The molecule has 0 saturated heterocycles. The van der Waals surface area contributed by atoms with Gasteiger partial charge in [0.05, 0.1) is 6.42 Å². The van der Waals surface area contributed by atoms with E-state index in [1.165, 1.54) is 0 Å². The molecule has 0 spiro atoms. The Hall–Kier alpha value is -2.00. The monoisotopic (exact) mass is 274 g/mol. The molecule has 3 rings (SSSR count). The van der Waals surface area contributed by atoms with Crippen LogP contribution in [0, 0.1) is 0 Å². The van der Waals surface area contributed by atoms with Gasteiger partial charge in [-0.15, -0.1) is 0 Å². The SMILES string of the molecule is O=C(O)CC1Oc2ccccc2-c2ccc(Cl)cc21. The van der Waals surface area contributed by atoms with E-state index in [0.717, 1.165) is 16.7 Å². The molecule has 0 aliphatic carbocycles. The van der Waals surface area contributed by atoms with Gasteiger partial charge in [-0.2, -0.15) is 0 Å². The number of hydrogen-bond acceptors (Lipinski definition) is 2. The molecule has 0 amide bonds. The van der Waals surface area contributed by atoms with Crippen LogP contribution in [0.1, 0.15) is 18.1 Å². The number of halogens is 1. The van der Waals surface area contributed by atoms with Crippen LogP contribution in [0.5, 0.6) is 5.75 Å². The van der Waals surface area contributed by atoms with E-state index in [1.54, 1.807) is 12.1 Å². The largest absolute Gasteiger partial charge is 0.484 e. The maximum Gasteiger partial charge on any atom is 0.307 e. The number of fused-ring (bicyclic) bond motifs is 3. The van der Waals surface area contributed by atoms with Gasteiger partial charge in [-0.25, -0.2) is 0 Å². The summed E-state index contributed by atoms with van der Waals surface area (Å²) in [5, 5.41) is 9.58. The molecular formula is C15H11ClO3. The van der Waals surface area contributed by atoms with Gasteiger partial charge >= 0.3 is 5.97 Å². The number of ether oxygens (including phenoxy) is 1. The highest BCUT2D eigenvalue weighted by atomic mass is 35.5. The summed E-state index contributed by atoms with van der Waals surface area (Å²) >= 11 is 6.00. The smallest absolute Gasteiger partial charge is 0.307 e. The fraction of sp³-hybridized carbons (Fsp3) is 0.133. The second-order valence-electron chi connectivity index (χ2n) is 4.43. The summed E-state index contributed by atoms with van der Waals surface area (Å²) in [6, 6.07) is 13.1. The minimum atomic E-state index is -0.893. The van der Waals surface area contributed by atoms with E-state index < -0.39 is 12.1 Å². The third-order valence-electron chi connectivity index (χ3n) is 3.17. The normalized spacial score (nSPS) is 16.2. The van der Waals surface area contributed by atoms with Gasteiger partial charge in [-0.05, 0) is 23.8 Å². The van der Waals surface area contributed by atoms with Gasteiger partial charge in [0.1, 0.15) is 11.9 Å². The lowest BCUT2D eigenvalue weighted by molar-refractivity contribution is -0.138. The minimum Gasteiger partial charge on any atom is -0.484 e. The zero-order valence-electron chi connectivity index (χ0n) is 9.97. The molecule has 0 radical (unpaired) electrons. The first-order chi connectivity index (χ1) is 9.15. The lowest BCUT2D eigenvalue weighted by Crippen LogP contribution is -2.17. The first kappa shape index (κ1) is 12.1. The molecule has 1 unspecified atom stereocenters. The van der Waals surface area contributed by atoms with Crippen LogP contribution in [0.3, 0.4) is 0 Å². The quantitative estimate of drug-likeness (QED) is 0.903. The van der Waals surface area contributed by atoms with E-state index in [0.29, 0.717) is 10.8 Å². The van der Waals surface area contributed by atoms with Crippen molar-refractivity contribution in [3.05, 3.63) is 53.1 Å². The van der Waals surface area contributed by atoms with Crippen molar-refractivity contribution < 1.29 is 14.6 Å². The lowest BCUT2D eigenvalue weighted by atomic mass is 9.91. The number of rotatable bonds is 2. The fourth-order valence-corrected chi connectivity index (χ4v) is 2.54. The van der Waals surface area contributed by atoms with Gasteiger partial charge in [-0.3, -0.25) is 4.79 Å². The van der Waals surface area contributed by atoms with Crippen LogP contribution in [-0.4, -0.2) is 11.1 Å². The molecule has 1 atom stereocenters. The summed E-state index contributed by atoms with van der Waals surface area (Å²) in [7, 11) is 0. The molecule has 0 saturated carbocycles. The number of aliphatic carboxylic acids is 1. The molecular weight excluding hydrogens is 264 g/mol. The molecule has 1 aliphatic heterocycles. The van der Waals surface area contributed by atoms with Crippen LogP contribution in [0.2, 0.25) is 5.02 Å². The summed E-state index contributed by atoms with van der Waals surface area (Å²) in [6.07, 6.45) is -0.581. The molecule has 4 heteroatoms. The third-order valence-corrected chi connectivity index (χ3v) is 3.40. The van der Waals surface area contributed by atoms with Gasteiger partial charge in [-0.1, -0.05) is 35.9 Å². The molecule has 0 fully saturated rings. The first-order valence-electron chi connectivity index (χ1n) is 5.92. The highest BCUT2D eigenvalue weighted by Crippen LogP contribution is 2.44. The van der Waals surface area contributed by atoms with Crippen LogP contribution in [0.15, 0.2) is 42.5 Å². The zero-order chi connectivity index (χ0) is 13.4. The second-order valence-corrected chi connectivity index (χ2v) is 4.87. The van der Waals surface area contributed by atoms with Crippen LogP contribution in [0.4, 0.5) is 0 Å². The molecule has 1 aliphatic rings. The van der Waals surface area contributed by atoms with Crippen molar-refractivity contribution in [1.82, 2.24) is 0 Å². The van der Waals surface area contributed by atoms with Crippen molar-refractivity contribution in [1.29, 1.82) is 0 Å². The third kappa shape index (κ3) is 2.17. The van der Waals surface area contributed by atoms with Gasteiger partial charge in [0.25, 0.3) is 0 Å². The molecule has 2 aromatic carbocycles. The number of para-hydroxylation sites is 1. The van der Waals surface area contributed by atoms with E-state index >= 15 is 0 Å². The Morgan fingerprint density at radius 2 is 2.00 bits per heavy atom. The molecule has 0 bridgehead atoms. The van der Waals surface area contributed by atoms with E-state index in [4.69, 9.17) is 21.4 Å². The van der Waals surface area contributed by atoms with Gasteiger partial charge in [0.2, 0.25) is 0 Å². The van der Waals surface area contributed by atoms with Gasteiger partial charge in [0, 0.05) is 16.1 Å². The van der Waals surface area contributed by atoms with Crippen molar-refractivity contribution in [2.75, 3.05) is 0 Å². The maximum absolute atomic E-state index is 11.0. The van der Waals surface area contributed by atoms with Crippen molar-refractivity contribution in [2.24, 2.45) is 0 Å². The van der Waals surface area contributed by atoms with E-state index in [-0.39, 0.29) is 6.42 Å². The average Bonchev–Trinajstić information content (AvgIpc) is 2.38. The Labute approximate surface area is 115 Å². The molecule has 0 aromatic heterocycles. The fourth-order valence-electron chi connectivity index (χ4n) is 2.36. The highest BCUT2D eigenvalue weighted by molar-refractivity contribution is 6.30. The molecule has 1 N–H and O–H groups in total. The molecule has 96 valence electrons. The van der Waals surface area contributed by atoms with E-state index in [1.807, 2.05) is 30.3 Å². The summed E-state index contributed by atoms with van der Waals surface area (Å²) in [5.41, 5.74) is 2.78. The summed E-state index contributed by atoms with van der Waals surface area (Å²) < 4.78 is 5.78. The van der Waals surface area contributed by atoms with E-state index in [9.17, 15) is 4.79 Å². The standard InChI is InChI=1S/C15H11ClO3/c16-9-5-6-10-11-3-1-2-4-13(11)19-14(8-15(17)18)12(10)7-9/h1-7,14H,8H2,(H,17,18). The Morgan fingerprint density at radius 3 is 2.79 bits per heavy atom. The van der Waals surface area contributed by atoms with Crippen LogP contribution in [-0.2, 0) is 4.79 Å². The average molecular weight is 275 g/mol. The molecule has 1 heterocycles. The zero-order valence-corrected chi connectivity index (χ0v) is 10.7. The predicted octanol–water partition coefficient (Wildman–Crippen LogP) is 3.92. The lowest BCUT2D eigenvalue weighted by Gasteiger charge is -2.28. The number of carboxylic acid groups (broad SMARTS) is 1. The van der Waals surface area contributed by atoms with Crippen LogP contribution in [0.25, 0.3) is 11.1 Å². The summed E-state index contributed by atoms with van der Waals surface area (Å²) in [4.78, 5) is 11.0. The predicted molar refractivity (Wildman–Crippen MR) is 72.5 cm³/mol. The van der Waals surface area contributed by atoms with Crippen molar-refractivity contribution in [3.63, 3.8) is 0 Å². The first-order valence-corrected chi connectivity index (χ1v) is 6.30. The number of carbonyl (C=O) groups is 1. The Balaban J connectivity index is 2.16. The van der Waals surface area contributed by atoms with Crippen LogP contribution >= 0.6 is 11.6 Å². The number of benzene rings is 2. The Bertz CT molecular complexity index is 652.